The van der Waals surface area contributed by atoms with Gasteiger partial charge in [-0.25, -0.2) is 4.39 Å². The quantitative estimate of drug-likeness (QED) is 0.477. The summed E-state index contributed by atoms with van der Waals surface area (Å²) < 4.78 is 20.5. The standard InChI is InChI=1S/C24H23FN6O2/c1-29(2)18-10-6-16(7-11-18)24(32)31-13-12-20-19(14-31)21(27-30(20)3)23-26-22(28-33-23)15-4-8-17(25)9-5-15/h4-11H,12-14H2,1-3H3. The van der Waals surface area contributed by atoms with Gasteiger partial charge in [-0.05, 0) is 48.5 Å². The monoisotopic (exact) mass is 446 g/mol. The Morgan fingerprint density at radius 2 is 1.82 bits per heavy atom. The molecule has 0 N–H and O–H groups in total. The van der Waals surface area contributed by atoms with Crippen LogP contribution in [0.3, 0.4) is 0 Å². The zero-order chi connectivity index (χ0) is 23.1. The number of amides is 1. The molecule has 0 atom stereocenters. The first-order valence-corrected chi connectivity index (χ1v) is 10.6. The van der Waals surface area contributed by atoms with E-state index in [1.54, 1.807) is 16.8 Å². The third-order valence-electron chi connectivity index (χ3n) is 5.89. The number of fused-ring (bicyclic) bond motifs is 1. The van der Waals surface area contributed by atoms with Crippen molar-refractivity contribution >= 4 is 11.6 Å². The van der Waals surface area contributed by atoms with Crippen molar-refractivity contribution < 1.29 is 13.7 Å². The number of rotatable bonds is 4. The van der Waals surface area contributed by atoms with Crippen LogP contribution in [-0.2, 0) is 20.0 Å². The minimum Gasteiger partial charge on any atom is -0.378 e. The lowest BCUT2D eigenvalue weighted by Crippen LogP contribution is -2.36. The molecular formula is C24H23FN6O2. The minimum absolute atomic E-state index is 0.0294. The molecule has 0 saturated heterocycles. The van der Waals surface area contributed by atoms with Crippen LogP contribution in [0.2, 0.25) is 0 Å². The van der Waals surface area contributed by atoms with E-state index in [1.165, 1.54) is 12.1 Å². The molecule has 4 aromatic rings. The molecule has 0 fully saturated rings. The van der Waals surface area contributed by atoms with Crippen molar-refractivity contribution in [1.29, 1.82) is 0 Å². The largest absolute Gasteiger partial charge is 0.378 e. The van der Waals surface area contributed by atoms with Crippen LogP contribution < -0.4 is 4.90 Å². The number of carbonyl (C=O) groups excluding carboxylic acids is 1. The summed E-state index contributed by atoms with van der Waals surface area (Å²) in [6.07, 6.45) is 0.680. The summed E-state index contributed by atoms with van der Waals surface area (Å²) in [7, 11) is 5.80. The number of carbonyl (C=O) groups is 1. The number of aromatic nitrogens is 4. The minimum atomic E-state index is -0.331. The Kier molecular flexibility index (Phi) is 5.16. The molecule has 2 aromatic carbocycles. The number of hydrogen-bond donors (Lipinski definition) is 0. The lowest BCUT2D eigenvalue weighted by atomic mass is 10.0. The van der Waals surface area contributed by atoms with Crippen molar-refractivity contribution in [2.45, 2.75) is 13.0 Å². The highest BCUT2D eigenvalue weighted by molar-refractivity contribution is 5.94. The van der Waals surface area contributed by atoms with E-state index in [1.807, 2.05) is 55.2 Å². The van der Waals surface area contributed by atoms with Gasteiger partial charge in [0.1, 0.15) is 5.82 Å². The molecule has 0 saturated carbocycles. The molecule has 3 heterocycles. The van der Waals surface area contributed by atoms with E-state index < -0.39 is 0 Å². The maximum atomic E-state index is 13.2. The second-order valence-electron chi connectivity index (χ2n) is 8.25. The first-order chi connectivity index (χ1) is 15.9. The summed E-state index contributed by atoms with van der Waals surface area (Å²) >= 11 is 0. The van der Waals surface area contributed by atoms with Crippen LogP contribution in [0, 0.1) is 5.82 Å². The predicted octanol–water partition coefficient (Wildman–Crippen LogP) is 3.54. The Bertz CT molecular complexity index is 1310. The highest BCUT2D eigenvalue weighted by Gasteiger charge is 2.30. The summed E-state index contributed by atoms with van der Waals surface area (Å²) in [4.78, 5) is 21.4. The van der Waals surface area contributed by atoms with Crippen molar-refractivity contribution in [3.05, 3.63) is 71.2 Å². The molecule has 33 heavy (non-hydrogen) atoms. The van der Waals surface area contributed by atoms with Gasteiger partial charge in [-0.15, -0.1) is 0 Å². The summed E-state index contributed by atoms with van der Waals surface area (Å²) in [6.45, 7) is 1.01. The Labute approximate surface area is 190 Å². The predicted molar refractivity (Wildman–Crippen MR) is 121 cm³/mol. The lowest BCUT2D eigenvalue weighted by Gasteiger charge is -2.27. The van der Waals surface area contributed by atoms with E-state index in [9.17, 15) is 9.18 Å². The molecule has 1 aliphatic rings. The summed E-state index contributed by atoms with van der Waals surface area (Å²) in [5, 5.41) is 8.63. The van der Waals surface area contributed by atoms with Crippen LogP contribution in [0.1, 0.15) is 21.6 Å². The van der Waals surface area contributed by atoms with Gasteiger partial charge in [0, 0.05) is 62.2 Å². The van der Waals surface area contributed by atoms with Gasteiger partial charge in [-0.1, -0.05) is 5.16 Å². The fourth-order valence-corrected chi connectivity index (χ4v) is 4.06. The van der Waals surface area contributed by atoms with E-state index in [0.29, 0.717) is 42.2 Å². The summed E-state index contributed by atoms with van der Waals surface area (Å²) in [5.74, 6) is 0.269. The first-order valence-electron chi connectivity index (χ1n) is 10.6. The molecular weight excluding hydrogens is 423 g/mol. The zero-order valence-corrected chi connectivity index (χ0v) is 18.6. The average Bonchev–Trinajstić information content (AvgIpc) is 3.44. The first kappa shape index (κ1) is 20.9. The summed E-state index contributed by atoms with van der Waals surface area (Å²) in [6, 6.07) is 13.5. The van der Waals surface area contributed by atoms with E-state index in [0.717, 1.165) is 16.9 Å². The number of nitrogens with zero attached hydrogens (tertiary/aromatic N) is 6. The van der Waals surface area contributed by atoms with Gasteiger partial charge >= 0.3 is 0 Å². The smallest absolute Gasteiger partial charge is 0.279 e. The molecule has 0 spiro atoms. The molecule has 1 aliphatic heterocycles. The maximum absolute atomic E-state index is 13.2. The van der Waals surface area contributed by atoms with Gasteiger partial charge in [0.15, 0.2) is 5.69 Å². The Morgan fingerprint density at radius 3 is 2.52 bits per heavy atom. The van der Waals surface area contributed by atoms with Crippen LogP contribution in [0.15, 0.2) is 53.1 Å². The molecule has 8 nitrogen and oxygen atoms in total. The normalized spacial score (nSPS) is 13.2. The molecule has 168 valence electrons. The third-order valence-corrected chi connectivity index (χ3v) is 5.89. The third kappa shape index (κ3) is 3.86. The van der Waals surface area contributed by atoms with Crippen LogP contribution in [0.4, 0.5) is 10.1 Å². The van der Waals surface area contributed by atoms with Crippen molar-refractivity contribution in [3.63, 3.8) is 0 Å². The highest BCUT2D eigenvalue weighted by atomic mass is 19.1. The number of benzene rings is 2. The number of hydrogen-bond acceptors (Lipinski definition) is 6. The molecule has 2 aromatic heterocycles. The maximum Gasteiger partial charge on any atom is 0.279 e. The molecule has 0 radical (unpaired) electrons. The molecule has 0 aliphatic carbocycles. The molecule has 1 amide bonds. The Balaban J connectivity index is 1.42. The van der Waals surface area contributed by atoms with Gasteiger partial charge in [0.05, 0.1) is 6.54 Å². The van der Waals surface area contributed by atoms with Crippen LogP contribution in [0.5, 0.6) is 0 Å². The van der Waals surface area contributed by atoms with E-state index in [2.05, 4.69) is 15.2 Å². The van der Waals surface area contributed by atoms with Crippen molar-refractivity contribution in [2.75, 3.05) is 25.5 Å². The van der Waals surface area contributed by atoms with Gasteiger partial charge in [0.25, 0.3) is 11.8 Å². The van der Waals surface area contributed by atoms with Gasteiger partial charge < -0.3 is 14.3 Å². The second-order valence-corrected chi connectivity index (χ2v) is 8.25. The van der Waals surface area contributed by atoms with Crippen LogP contribution >= 0.6 is 0 Å². The van der Waals surface area contributed by atoms with E-state index in [-0.39, 0.29) is 17.6 Å². The highest BCUT2D eigenvalue weighted by Crippen LogP contribution is 2.31. The summed E-state index contributed by atoms with van der Waals surface area (Å²) in [5.41, 5.74) is 4.83. The molecule has 9 heteroatoms. The Morgan fingerprint density at radius 1 is 1.09 bits per heavy atom. The zero-order valence-electron chi connectivity index (χ0n) is 18.6. The Hall–Kier alpha value is -4.01. The number of halogens is 1. The molecule has 0 bridgehead atoms. The average molecular weight is 446 g/mol. The van der Waals surface area contributed by atoms with E-state index >= 15 is 0 Å². The molecule has 5 rings (SSSR count). The van der Waals surface area contributed by atoms with Crippen molar-refractivity contribution in [2.24, 2.45) is 7.05 Å². The number of anilines is 1. The fraction of sp³-hybridized carbons (Fsp3) is 0.250. The van der Waals surface area contributed by atoms with Crippen LogP contribution in [0.25, 0.3) is 23.0 Å². The van der Waals surface area contributed by atoms with Crippen molar-refractivity contribution in [3.8, 4) is 23.0 Å². The molecule has 0 unspecified atom stereocenters. The SMILES string of the molecule is CN(C)c1ccc(C(=O)N2CCc3c(c(-c4nc(-c5ccc(F)cc5)no4)nn3C)C2)cc1. The fourth-order valence-electron chi connectivity index (χ4n) is 4.06. The van der Waals surface area contributed by atoms with Crippen LogP contribution in [-0.4, -0.2) is 51.4 Å². The number of aryl methyl sites for hydroxylation is 1. The van der Waals surface area contributed by atoms with E-state index in [4.69, 9.17) is 4.52 Å². The van der Waals surface area contributed by atoms with Crippen molar-refractivity contribution in [1.82, 2.24) is 24.8 Å². The second kappa shape index (κ2) is 8.16. The lowest BCUT2D eigenvalue weighted by molar-refractivity contribution is 0.0733. The topological polar surface area (TPSA) is 80.3 Å². The van der Waals surface area contributed by atoms with Gasteiger partial charge in [-0.3, -0.25) is 9.48 Å². The van der Waals surface area contributed by atoms with Gasteiger partial charge in [-0.2, -0.15) is 10.1 Å². The van der Waals surface area contributed by atoms with Gasteiger partial charge in [0.2, 0.25) is 5.82 Å².